The summed E-state index contributed by atoms with van der Waals surface area (Å²) in [6, 6.07) is 3.16. The number of hydrogen-bond acceptors (Lipinski definition) is 2. The maximum Gasteiger partial charge on any atom is 0.352 e. The van der Waals surface area contributed by atoms with Crippen molar-refractivity contribution in [1.29, 1.82) is 0 Å². The van der Waals surface area contributed by atoms with E-state index in [1.165, 1.54) is 10.6 Å². The first kappa shape index (κ1) is 13.6. The summed E-state index contributed by atoms with van der Waals surface area (Å²) in [5.41, 5.74) is 0.160. The predicted octanol–water partition coefficient (Wildman–Crippen LogP) is 1.69. The average Bonchev–Trinajstić information content (AvgIpc) is 2.96. The molecule has 0 spiro atoms. The van der Waals surface area contributed by atoms with Crippen LogP contribution in [0.2, 0.25) is 0 Å². The minimum Gasteiger partial charge on any atom is -0.477 e. The Kier molecular flexibility index (Phi) is 3.93. The monoisotopic (exact) mass is 264 g/mol. The third kappa shape index (κ3) is 2.97. The van der Waals surface area contributed by atoms with Gasteiger partial charge < -0.3 is 14.6 Å². The van der Waals surface area contributed by atoms with Gasteiger partial charge in [-0.15, -0.1) is 0 Å². The smallest absolute Gasteiger partial charge is 0.352 e. The van der Waals surface area contributed by atoms with Gasteiger partial charge in [-0.25, -0.2) is 4.79 Å². The van der Waals surface area contributed by atoms with Gasteiger partial charge in [-0.1, -0.05) is 13.8 Å². The Morgan fingerprint density at radius 1 is 1.47 bits per heavy atom. The van der Waals surface area contributed by atoms with E-state index < -0.39 is 5.97 Å². The summed E-state index contributed by atoms with van der Waals surface area (Å²) in [5, 5.41) is 9.00. The molecule has 2 heterocycles. The van der Waals surface area contributed by atoms with Crippen molar-refractivity contribution < 1.29 is 14.7 Å². The van der Waals surface area contributed by atoms with Crippen LogP contribution in [0.4, 0.5) is 0 Å². The highest BCUT2D eigenvalue weighted by Gasteiger charge is 2.28. The number of aromatic nitrogens is 1. The molecule has 5 nitrogen and oxygen atoms in total. The maximum atomic E-state index is 12.2. The fourth-order valence-corrected chi connectivity index (χ4v) is 2.55. The lowest BCUT2D eigenvalue weighted by Gasteiger charge is -2.18. The fourth-order valence-electron chi connectivity index (χ4n) is 2.55. The lowest BCUT2D eigenvalue weighted by atomic mass is 9.95. The third-order valence-electron chi connectivity index (χ3n) is 3.87. The summed E-state index contributed by atoms with van der Waals surface area (Å²) in [5.74, 6) is 0.146. The second kappa shape index (κ2) is 5.47. The normalized spacial score (nSPS) is 19.1. The average molecular weight is 264 g/mol. The highest BCUT2D eigenvalue weighted by Crippen LogP contribution is 2.23. The summed E-state index contributed by atoms with van der Waals surface area (Å²) < 4.78 is 1.49. The summed E-state index contributed by atoms with van der Waals surface area (Å²) in [6.07, 6.45) is 2.68. The molecular weight excluding hydrogens is 244 g/mol. The second-order valence-corrected chi connectivity index (χ2v) is 5.46. The van der Waals surface area contributed by atoms with E-state index in [1.807, 2.05) is 4.90 Å². The van der Waals surface area contributed by atoms with Gasteiger partial charge in [-0.05, 0) is 30.4 Å². The molecule has 1 atom stereocenters. The molecule has 0 aromatic carbocycles. The van der Waals surface area contributed by atoms with E-state index in [0.29, 0.717) is 11.8 Å². The van der Waals surface area contributed by atoms with Gasteiger partial charge in [0, 0.05) is 19.3 Å². The van der Waals surface area contributed by atoms with Crippen molar-refractivity contribution in [2.75, 3.05) is 13.1 Å². The van der Waals surface area contributed by atoms with Gasteiger partial charge in [0.2, 0.25) is 5.91 Å². The minimum absolute atomic E-state index is 0.00171. The lowest BCUT2D eigenvalue weighted by molar-refractivity contribution is -0.130. The fraction of sp³-hybridized carbons (Fsp3) is 0.571. The summed E-state index contributed by atoms with van der Waals surface area (Å²) in [4.78, 5) is 25.0. The van der Waals surface area contributed by atoms with Crippen LogP contribution in [0, 0.1) is 11.8 Å². The molecule has 0 aliphatic carbocycles. The first-order valence-electron chi connectivity index (χ1n) is 6.65. The number of aromatic carboxylic acids is 1. The van der Waals surface area contributed by atoms with Crippen LogP contribution >= 0.6 is 0 Å². The number of carboxylic acids is 1. The van der Waals surface area contributed by atoms with Crippen LogP contribution in [-0.2, 0) is 11.3 Å². The number of amides is 1. The Morgan fingerprint density at radius 3 is 2.79 bits per heavy atom. The van der Waals surface area contributed by atoms with E-state index in [4.69, 9.17) is 5.11 Å². The Hall–Kier alpha value is -1.78. The predicted molar refractivity (Wildman–Crippen MR) is 70.9 cm³/mol. The zero-order valence-electron chi connectivity index (χ0n) is 11.4. The number of carboxylic acid groups (broad SMARTS) is 1. The number of hydrogen-bond donors (Lipinski definition) is 1. The molecule has 0 bridgehead atoms. The van der Waals surface area contributed by atoms with Crippen molar-refractivity contribution in [3.8, 4) is 0 Å². The van der Waals surface area contributed by atoms with Crippen LogP contribution < -0.4 is 0 Å². The molecule has 1 N–H and O–H groups in total. The van der Waals surface area contributed by atoms with Crippen molar-refractivity contribution in [2.24, 2.45) is 11.8 Å². The first-order chi connectivity index (χ1) is 8.99. The largest absolute Gasteiger partial charge is 0.477 e. The van der Waals surface area contributed by atoms with Gasteiger partial charge >= 0.3 is 5.97 Å². The first-order valence-corrected chi connectivity index (χ1v) is 6.65. The molecule has 0 saturated carbocycles. The van der Waals surface area contributed by atoms with E-state index in [1.54, 1.807) is 12.3 Å². The van der Waals surface area contributed by atoms with Crippen LogP contribution in [0.15, 0.2) is 18.3 Å². The van der Waals surface area contributed by atoms with E-state index >= 15 is 0 Å². The molecule has 1 aromatic heterocycles. The third-order valence-corrected chi connectivity index (χ3v) is 3.87. The summed E-state index contributed by atoms with van der Waals surface area (Å²) in [6.45, 7) is 6.03. The topological polar surface area (TPSA) is 62.5 Å². The molecule has 5 heteroatoms. The van der Waals surface area contributed by atoms with Crippen molar-refractivity contribution in [1.82, 2.24) is 9.47 Å². The van der Waals surface area contributed by atoms with E-state index in [-0.39, 0.29) is 18.1 Å². The molecule has 104 valence electrons. The molecule has 0 radical (unpaired) electrons. The Bertz CT molecular complexity index is 479. The van der Waals surface area contributed by atoms with Crippen molar-refractivity contribution in [3.05, 3.63) is 24.0 Å². The van der Waals surface area contributed by atoms with Crippen molar-refractivity contribution >= 4 is 11.9 Å². The Morgan fingerprint density at radius 2 is 2.21 bits per heavy atom. The number of likely N-dealkylation sites (tertiary alicyclic amines) is 1. The van der Waals surface area contributed by atoms with E-state index in [9.17, 15) is 9.59 Å². The van der Waals surface area contributed by atoms with Gasteiger partial charge in [-0.3, -0.25) is 4.79 Å². The van der Waals surface area contributed by atoms with Crippen LogP contribution in [0.5, 0.6) is 0 Å². The maximum absolute atomic E-state index is 12.2. The van der Waals surface area contributed by atoms with E-state index in [0.717, 1.165) is 19.5 Å². The number of rotatable bonds is 4. The minimum atomic E-state index is -1.00. The molecule has 1 fully saturated rings. The van der Waals surface area contributed by atoms with Crippen molar-refractivity contribution in [3.63, 3.8) is 0 Å². The number of carbonyl (C=O) groups is 2. The van der Waals surface area contributed by atoms with Crippen LogP contribution in [0.1, 0.15) is 30.8 Å². The molecule has 1 aromatic rings. The van der Waals surface area contributed by atoms with Gasteiger partial charge in [0.15, 0.2) is 0 Å². The highest BCUT2D eigenvalue weighted by molar-refractivity contribution is 5.87. The molecule has 1 saturated heterocycles. The number of nitrogens with zero attached hydrogens (tertiary/aromatic N) is 2. The Labute approximate surface area is 112 Å². The van der Waals surface area contributed by atoms with Crippen molar-refractivity contribution in [2.45, 2.75) is 26.8 Å². The Balaban J connectivity index is 1.98. The van der Waals surface area contributed by atoms with Gasteiger partial charge in [-0.2, -0.15) is 0 Å². The molecule has 2 rings (SSSR count). The molecule has 19 heavy (non-hydrogen) atoms. The van der Waals surface area contributed by atoms with E-state index in [2.05, 4.69) is 13.8 Å². The SMILES string of the molecule is CC(C)C1CCN(C(=O)Cn2cccc2C(=O)O)C1. The number of carbonyl (C=O) groups excluding carboxylic acids is 1. The van der Waals surface area contributed by atoms with Crippen LogP contribution in [0.25, 0.3) is 0 Å². The zero-order valence-corrected chi connectivity index (χ0v) is 11.4. The highest BCUT2D eigenvalue weighted by atomic mass is 16.4. The molecule has 1 unspecified atom stereocenters. The van der Waals surface area contributed by atoms with Gasteiger partial charge in [0.05, 0.1) is 0 Å². The van der Waals surface area contributed by atoms with Crippen LogP contribution in [0.3, 0.4) is 0 Å². The van der Waals surface area contributed by atoms with Gasteiger partial charge in [0.1, 0.15) is 12.2 Å². The molecular formula is C14H20N2O3. The summed E-state index contributed by atoms with van der Waals surface area (Å²) in [7, 11) is 0. The van der Waals surface area contributed by atoms with Gasteiger partial charge in [0.25, 0.3) is 0 Å². The van der Waals surface area contributed by atoms with Crippen LogP contribution in [-0.4, -0.2) is 39.5 Å². The lowest BCUT2D eigenvalue weighted by Crippen LogP contribution is -2.32. The molecule has 1 aliphatic rings. The zero-order chi connectivity index (χ0) is 14.0. The second-order valence-electron chi connectivity index (χ2n) is 5.46. The standard InChI is InChI=1S/C14H20N2O3/c1-10(2)11-5-7-16(8-11)13(17)9-15-6-3-4-12(15)14(18)19/h3-4,6,10-11H,5,7-9H2,1-2H3,(H,18,19). The molecule has 1 amide bonds. The summed E-state index contributed by atoms with van der Waals surface area (Å²) >= 11 is 0. The molecule has 1 aliphatic heterocycles. The quantitative estimate of drug-likeness (QED) is 0.900.